The molecule has 2 rings (SSSR count). The molecule has 0 bridgehead atoms. The van der Waals surface area contributed by atoms with E-state index in [-0.39, 0.29) is 10.5 Å². The number of aromatic carboxylic acids is 1. The van der Waals surface area contributed by atoms with E-state index in [1.807, 2.05) is 6.92 Å². The summed E-state index contributed by atoms with van der Waals surface area (Å²) in [6.07, 6.45) is 3.58. The molecule has 0 aromatic heterocycles. The van der Waals surface area contributed by atoms with E-state index in [2.05, 4.69) is 20.7 Å². The number of carboxylic acids is 1. The molecule has 5 nitrogen and oxygen atoms in total. The molecule has 0 aliphatic heterocycles. The summed E-state index contributed by atoms with van der Waals surface area (Å²) in [5.74, 6) is -1.14. The summed E-state index contributed by atoms with van der Waals surface area (Å²) < 4.78 is 28.4. The van der Waals surface area contributed by atoms with Crippen LogP contribution in [0.1, 0.15) is 48.5 Å². The average Bonchev–Trinajstić information content (AvgIpc) is 2.77. The van der Waals surface area contributed by atoms with Gasteiger partial charge in [0.2, 0.25) is 10.0 Å². The summed E-state index contributed by atoms with van der Waals surface area (Å²) in [7, 11) is -3.77. The van der Waals surface area contributed by atoms with Crippen LogP contribution in [0.4, 0.5) is 0 Å². The molecule has 1 saturated carbocycles. The average molecular weight is 376 g/mol. The molecule has 0 spiro atoms. The van der Waals surface area contributed by atoms with Gasteiger partial charge in [-0.15, -0.1) is 0 Å². The summed E-state index contributed by atoms with van der Waals surface area (Å²) >= 11 is 3.25. The number of benzene rings is 1. The van der Waals surface area contributed by atoms with Crippen molar-refractivity contribution >= 4 is 31.9 Å². The van der Waals surface area contributed by atoms with Crippen molar-refractivity contribution in [2.45, 2.75) is 50.0 Å². The topological polar surface area (TPSA) is 83.5 Å². The van der Waals surface area contributed by atoms with E-state index in [0.717, 1.165) is 25.7 Å². The third kappa shape index (κ3) is 3.46. The minimum absolute atomic E-state index is 0.0203. The fourth-order valence-electron chi connectivity index (χ4n) is 2.69. The highest BCUT2D eigenvalue weighted by atomic mass is 79.9. The van der Waals surface area contributed by atoms with Crippen molar-refractivity contribution in [1.82, 2.24) is 4.72 Å². The van der Waals surface area contributed by atoms with Gasteiger partial charge in [-0.05, 0) is 60.3 Å². The lowest BCUT2D eigenvalue weighted by Crippen LogP contribution is -2.43. The van der Waals surface area contributed by atoms with Crippen LogP contribution in [0.2, 0.25) is 0 Å². The first-order valence-electron chi connectivity index (χ1n) is 6.72. The smallest absolute Gasteiger partial charge is 0.335 e. The molecule has 0 amide bonds. The number of carbonyl (C=O) groups is 1. The van der Waals surface area contributed by atoms with Crippen LogP contribution in [0.15, 0.2) is 21.5 Å². The Bertz CT molecular complexity index is 678. The summed E-state index contributed by atoms with van der Waals surface area (Å²) in [5, 5.41) is 9.09. The van der Waals surface area contributed by atoms with Gasteiger partial charge >= 0.3 is 5.97 Å². The lowest BCUT2D eigenvalue weighted by molar-refractivity contribution is 0.0696. The van der Waals surface area contributed by atoms with E-state index in [0.29, 0.717) is 10.0 Å². The van der Waals surface area contributed by atoms with Gasteiger partial charge in [-0.3, -0.25) is 0 Å². The van der Waals surface area contributed by atoms with Gasteiger partial charge in [0.05, 0.1) is 10.5 Å². The van der Waals surface area contributed by atoms with Gasteiger partial charge in [0.1, 0.15) is 0 Å². The molecule has 0 atom stereocenters. The molecule has 116 valence electrons. The Morgan fingerprint density at radius 3 is 2.43 bits per heavy atom. The van der Waals surface area contributed by atoms with Crippen molar-refractivity contribution in [1.29, 1.82) is 0 Å². The first-order valence-corrected chi connectivity index (χ1v) is 9.00. The Hall–Kier alpha value is -0.920. The normalized spacial score (nSPS) is 17.9. The molecule has 0 heterocycles. The van der Waals surface area contributed by atoms with E-state index < -0.39 is 21.5 Å². The van der Waals surface area contributed by atoms with Crippen molar-refractivity contribution in [3.05, 3.63) is 27.7 Å². The Labute approximate surface area is 132 Å². The summed E-state index contributed by atoms with van der Waals surface area (Å²) in [5.41, 5.74) is 0.0882. The second-order valence-corrected chi connectivity index (χ2v) is 8.23. The van der Waals surface area contributed by atoms with Crippen molar-refractivity contribution in [2.24, 2.45) is 0 Å². The van der Waals surface area contributed by atoms with Crippen LogP contribution in [0.3, 0.4) is 0 Å². The summed E-state index contributed by atoms with van der Waals surface area (Å²) in [4.78, 5) is 11.1. The van der Waals surface area contributed by atoms with Crippen LogP contribution in [0.25, 0.3) is 0 Å². The van der Waals surface area contributed by atoms with Crippen LogP contribution < -0.4 is 4.72 Å². The fourth-order valence-corrected chi connectivity index (χ4v) is 5.20. The van der Waals surface area contributed by atoms with Crippen molar-refractivity contribution in [3.8, 4) is 0 Å². The predicted octanol–water partition coefficient (Wildman–Crippen LogP) is 3.07. The zero-order chi connectivity index (χ0) is 15.8. The first-order chi connectivity index (χ1) is 9.65. The lowest BCUT2D eigenvalue weighted by atomic mass is 10.0. The van der Waals surface area contributed by atoms with E-state index >= 15 is 0 Å². The maximum atomic E-state index is 12.6. The number of sulfonamides is 1. The predicted molar refractivity (Wildman–Crippen MR) is 83.0 cm³/mol. The van der Waals surface area contributed by atoms with Gasteiger partial charge in [-0.1, -0.05) is 12.8 Å². The number of nitrogens with one attached hydrogen (secondary N) is 1. The standard InChI is InChI=1S/C14H18BrNO4S/c1-9-7-10(13(17)18)8-11(12(9)15)21(19,20)16-14(2)5-3-4-6-14/h7-8,16H,3-6H2,1-2H3,(H,17,18). The van der Waals surface area contributed by atoms with E-state index in [1.165, 1.54) is 12.1 Å². The fraction of sp³-hybridized carbons (Fsp3) is 0.500. The molecule has 1 aliphatic carbocycles. The molecule has 7 heteroatoms. The number of halogens is 1. The number of rotatable bonds is 4. The van der Waals surface area contributed by atoms with Gasteiger partial charge in [0, 0.05) is 10.0 Å². The molecule has 0 radical (unpaired) electrons. The Balaban J connectivity index is 2.46. The van der Waals surface area contributed by atoms with E-state index in [4.69, 9.17) is 5.11 Å². The minimum atomic E-state index is -3.77. The maximum Gasteiger partial charge on any atom is 0.335 e. The quantitative estimate of drug-likeness (QED) is 0.846. The Morgan fingerprint density at radius 2 is 1.90 bits per heavy atom. The van der Waals surface area contributed by atoms with Crippen LogP contribution in [-0.4, -0.2) is 25.0 Å². The second-order valence-electron chi connectivity index (χ2n) is 5.78. The lowest BCUT2D eigenvalue weighted by Gasteiger charge is -2.25. The summed E-state index contributed by atoms with van der Waals surface area (Å²) in [6.45, 7) is 3.56. The molecule has 0 unspecified atom stereocenters. The monoisotopic (exact) mass is 375 g/mol. The third-order valence-electron chi connectivity index (χ3n) is 3.85. The molecule has 1 aromatic rings. The maximum absolute atomic E-state index is 12.6. The number of hydrogen-bond donors (Lipinski definition) is 2. The van der Waals surface area contributed by atoms with Crippen LogP contribution in [0.5, 0.6) is 0 Å². The molecular formula is C14H18BrNO4S. The molecule has 0 saturated heterocycles. The third-order valence-corrected chi connectivity index (χ3v) is 6.82. The largest absolute Gasteiger partial charge is 0.478 e. The highest BCUT2D eigenvalue weighted by molar-refractivity contribution is 9.10. The summed E-state index contributed by atoms with van der Waals surface area (Å²) in [6, 6.07) is 2.64. The Kier molecular flexibility index (Phi) is 4.46. The van der Waals surface area contributed by atoms with Gasteiger partial charge in [-0.2, -0.15) is 0 Å². The number of carboxylic acid groups (broad SMARTS) is 1. The zero-order valence-electron chi connectivity index (χ0n) is 11.9. The number of hydrogen-bond acceptors (Lipinski definition) is 3. The molecule has 1 fully saturated rings. The van der Waals surface area contributed by atoms with Gasteiger partial charge in [-0.25, -0.2) is 17.9 Å². The molecule has 21 heavy (non-hydrogen) atoms. The Morgan fingerprint density at radius 1 is 1.33 bits per heavy atom. The van der Waals surface area contributed by atoms with Crippen LogP contribution in [-0.2, 0) is 10.0 Å². The molecule has 2 N–H and O–H groups in total. The molecule has 1 aromatic carbocycles. The van der Waals surface area contributed by atoms with Crippen LogP contribution >= 0.6 is 15.9 Å². The van der Waals surface area contributed by atoms with Crippen molar-refractivity contribution in [3.63, 3.8) is 0 Å². The van der Waals surface area contributed by atoms with Gasteiger partial charge < -0.3 is 5.11 Å². The zero-order valence-corrected chi connectivity index (χ0v) is 14.3. The van der Waals surface area contributed by atoms with Crippen molar-refractivity contribution < 1.29 is 18.3 Å². The highest BCUT2D eigenvalue weighted by Crippen LogP contribution is 2.33. The highest BCUT2D eigenvalue weighted by Gasteiger charge is 2.34. The van der Waals surface area contributed by atoms with Crippen molar-refractivity contribution in [2.75, 3.05) is 0 Å². The molecule has 1 aliphatic rings. The number of aryl methyl sites for hydroxylation is 1. The van der Waals surface area contributed by atoms with Crippen LogP contribution in [0, 0.1) is 6.92 Å². The van der Waals surface area contributed by atoms with E-state index in [1.54, 1.807) is 6.92 Å². The second kappa shape index (κ2) is 5.70. The van der Waals surface area contributed by atoms with Gasteiger partial charge in [0.25, 0.3) is 0 Å². The van der Waals surface area contributed by atoms with E-state index in [9.17, 15) is 13.2 Å². The SMILES string of the molecule is Cc1cc(C(=O)O)cc(S(=O)(=O)NC2(C)CCCC2)c1Br. The van der Waals surface area contributed by atoms with Gasteiger partial charge in [0.15, 0.2) is 0 Å². The first kappa shape index (κ1) is 16.5. The molecular weight excluding hydrogens is 358 g/mol. The minimum Gasteiger partial charge on any atom is -0.478 e.